The molecule has 3 aromatic heterocycles. The van der Waals surface area contributed by atoms with Crippen LogP contribution in [0.1, 0.15) is 19.4 Å². The first-order valence-electron chi connectivity index (χ1n) is 11.0. The summed E-state index contributed by atoms with van der Waals surface area (Å²) in [7, 11) is 0. The Balaban J connectivity index is 1.48. The molecule has 0 spiro atoms. The molecule has 0 amide bonds. The van der Waals surface area contributed by atoms with E-state index in [9.17, 15) is 0 Å². The summed E-state index contributed by atoms with van der Waals surface area (Å²) >= 11 is 0. The number of rotatable bonds is 6. The van der Waals surface area contributed by atoms with Gasteiger partial charge in [-0.3, -0.25) is 0 Å². The van der Waals surface area contributed by atoms with Crippen LogP contribution in [0.15, 0.2) is 85.5 Å². The highest BCUT2D eigenvalue weighted by molar-refractivity contribution is 5.55. The minimum absolute atomic E-state index is 0.829. The molecule has 0 aliphatic rings. The maximum atomic E-state index is 4.47. The molecule has 5 rings (SSSR count). The standard InChI is InChI=1S/C26H27N6/c1-4-29(5-2)21-13-15-23(16-14-21)32-18-25(27-28-32)26-8-6-7-24-17-30(19-31(24)26)22-11-9-20(3)10-12-22/h6-19H,4-5H2,1-3H3/q+1. The van der Waals surface area contributed by atoms with Crippen molar-refractivity contribution in [2.75, 3.05) is 18.0 Å². The number of benzene rings is 2. The van der Waals surface area contributed by atoms with Crippen molar-refractivity contribution in [3.63, 3.8) is 0 Å². The van der Waals surface area contributed by atoms with Gasteiger partial charge in [-0.25, -0.2) is 9.25 Å². The van der Waals surface area contributed by atoms with Crippen LogP contribution in [0.3, 0.4) is 0 Å². The van der Waals surface area contributed by atoms with Gasteiger partial charge in [-0.15, -0.1) is 5.10 Å². The SMILES string of the molecule is CCN(CC)c1ccc(-n2cc(-c3cccc4cn(-c5ccc(C)cc5)c[n+]34)nn2)cc1. The number of aromatic nitrogens is 5. The Kier molecular flexibility index (Phi) is 5.19. The Morgan fingerprint density at radius 1 is 0.844 bits per heavy atom. The van der Waals surface area contributed by atoms with Crippen LogP contribution in [0.2, 0.25) is 0 Å². The van der Waals surface area contributed by atoms with E-state index in [2.05, 4.69) is 124 Å². The molecule has 0 saturated heterocycles. The fourth-order valence-corrected chi connectivity index (χ4v) is 4.05. The predicted octanol–water partition coefficient (Wildman–Crippen LogP) is 4.62. The highest BCUT2D eigenvalue weighted by Crippen LogP contribution is 2.20. The lowest BCUT2D eigenvalue weighted by molar-refractivity contribution is -0.499. The van der Waals surface area contributed by atoms with Crippen molar-refractivity contribution < 1.29 is 4.40 Å². The molecule has 0 unspecified atom stereocenters. The molecule has 5 aromatic rings. The van der Waals surface area contributed by atoms with Crippen molar-refractivity contribution in [1.29, 1.82) is 0 Å². The second-order valence-electron chi connectivity index (χ2n) is 7.93. The van der Waals surface area contributed by atoms with E-state index in [0.29, 0.717) is 0 Å². The Morgan fingerprint density at radius 3 is 2.28 bits per heavy atom. The minimum atomic E-state index is 0.829. The summed E-state index contributed by atoms with van der Waals surface area (Å²) in [5.74, 6) is 0. The van der Waals surface area contributed by atoms with Crippen LogP contribution in [0, 0.1) is 6.92 Å². The first kappa shape index (κ1) is 20.0. The van der Waals surface area contributed by atoms with Gasteiger partial charge >= 0.3 is 0 Å². The highest BCUT2D eigenvalue weighted by Gasteiger charge is 2.16. The number of hydrogen-bond acceptors (Lipinski definition) is 3. The van der Waals surface area contributed by atoms with Crippen molar-refractivity contribution in [2.45, 2.75) is 20.8 Å². The average Bonchev–Trinajstić information content (AvgIpc) is 3.48. The van der Waals surface area contributed by atoms with Crippen molar-refractivity contribution in [3.05, 3.63) is 91.0 Å². The molecule has 0 aliphatic carbocycles. The van der Waals surface area contributed by atoms with Gasteiger partial charge in [0.2, 0.25) is 0 Å². The van der Waals surface area contributed by atoms with E-state index in [4.69, 9.17) is 0 Å². The number of fused-ring (bicyclic) bond motifs is 1. The molecule has 0 N–H and O–H groups in total. The molecule has 3 heterocycles. The van der Waals surface area contributed by atoms with Gasteiger partial charge in [-0.2, -0.15) is 4.40 Å². The monoisotopic (exact) mass is 423 g/mol. The molecule has 2 aromatic carbocycles. The molecule has 0 fully saturated rings. The van der Waals surface area contributed by atoms with Crippen LogP contribution in [0.5, 0.6) is 0 Å². The van der Waals surface area contributed by atoms with E-state index in [1.165, 1.54) is 11.3 Å². The van der Waals surface area contributed by atoms with E-state index in [1.807, 2.05) is 10.9 Å². The van der Waals surface area contributed by atoms with Crippen LogP contribution in [0.25, 0.3) is 28.3 Å². The van der Waals surface area contributed by atoms with Gasteiger partial charge in [0.1, 0.15) is 11.9 Å². The topological polar surface area (TPSA) is 43.0 Å². The molecule has 0 atom stereocenters. The van der Waals surface area contributed by atoms with Gasteiger partial charge in [-0.05, 0) is 69.3 Å². The number of hydrogen-bond donors (Lipinski definition) is 0. The van der Waals surface area contributed by atoms with Crippen LogP contribution in [0.4, 0.5) is 5.69 Å². The zero-order chi connectivity index (χ0) is 22.1. The zero-order valence-electron chi connectivity index (χ0n) is 18.7. The smallest absolute Gasteiger partial charge is 0.254 e. The molecule has 160 valence electrons. The fraction of sp³-hybridized carbons (Fsp3) is 0.192. The number of pyridine rings is 1. The van der Waals surface area contributed by atoms with E-state index < -0.39 is 0 Å². The second-order valence-corrected chi connectivity index (χ2v) is 7.93. The summed E-state index contributed by atoms with van der Waals surface area (Å²) in [5.41, 5.74) is 7.52. The largest absolute Gasteiger partial charge is 0.372 e. The first-order valence-corrected chi connectivity index (χ1v) is 11.0. The lowest BCUT2D eigenvalue weighted by atomic mass is 10.2. The maximum Gasteiger partial charge on any atom is 0.254 e. The van der Waals surface area contributed by atoms with Gasteiger partial charge in [0.05, 0.1) is 11.9 Å². The Hall–Kier alpha value is -3.93. The van der Waals surface area contributed by atoms with Crippen LogP contribution >= 0.6 is 0 Å². The number of anilines is 1. The molecule has 0 bridgehead atoms. The Morgan fingerprint density at radius 2 is 1.56 bits per heavy atom. The van der Waals surface area contributed by atoms with Gasteiger partial charge in [0, 0.05) is 18.8 Å². The summed E-state index contributed by atoms with van der Waals surface area (Å²) in [5, 5.41) is 8.86. The molecular weight excluding hydrogens is 396 g/mol. The van der Waals surface area contributed by atoms with Gasteiger partial charge in [0.15, 0.2) is 16.9 Å². The molecule has 0 radical (unpaired) electrons. The predicted molar refractivity (Wildman–Crippen MR) is 128 cm³/mol. The number of aryl methyl sites for hydroxylation is 1. The van der Waals surface area contributed by atoms with E-state index in [-0.39, 0.29) is 0 Å². The number of nitrogens with zero attached hydrogens (tertiary/aromatic N) is 6. The summed E-state index contributed by atoms with van der Waals surface area (Å²) in [6.45, 7) is 8.43. The summed E-state index contributed by atoms with van der Waals surface area (Å²) in [6.07, 6.45) is 6.20. The quantitative estimate of drug-likeness (QED) is 0.374. The number of imidazole rings is 1. The third-order valence-electron chi connectivity index (χ3n) is 5.90. The highest BCUT2D eigenvalue weighted by atomic mass is 15.4. The van der Waals surface area contributed by atoms with Crippen molar-refractivity contribution in [3.8, 4) is 22.8 Å². The Labute approximate surface area is 188 Å². The van der Waals surface area contributed by atoms with Crippen molar-refractivity contribution in [2.24, 2.45) is 0 Å². The molecule has 6 nitrogen and oxygen atoms in total. The van der Waals surface area contributed by atoms with Crippen LogP contribution in [-0.4, -0.2) is 32.7 Å². The maximum absolute atomic E-state index is 4.47. The normalized spacial score (nSPS) is 11.2. The van der Waals surface area contributed by atoms with Gasteiger partial charge < -0.3 is 4.90 Å². The third kappa shape index (κ3) is 3.64. The van der Waals surface area contributed by atoms with E-state index >= 15 is 0 Å². The summed E-state index contributed by atoms with van der Waals surface area (Å²) in [4.78, 5) is 2.33. The first-order chi connectivity index (χ1) is 15.7. The molecule has 0 aliphatic heterocycles. The van der Waals surface area contributed by atoms with E-state index in [0.717, 1.165) is 41.4 Å². The molecule has 32 heavy (non-hydrogen) atoms. The van der Waals surface area contributed by atoms with Gasteiger partial charge in [-0.1, -0.05) is 29.0 Å². The second kappa shape index (κ2) is 8.30. The third-order valence-corrected chi connectivity index (χ3v) is 5.90. The average molecular weight is 424 g/mol. The lowest BCUT2D eigenvalue weighted by Gasteiger charge is -2.21. The zero-order valence-corrected chi connectivity index (χ0v) is 18.7. The van der Waals surface area contributed by atoms with Crippen LogP contribution < -0.4 is 9.30 Å². The molecular formula is C26H27N6+. The molecule has 6 heteroatoms. The van der Waals surface area contributed by atoms with Crippen molar-refractivity contribution in [1.82, 2.24) is 19.6 Å². The minimum Gasteiger partial charge on any atom is -0.372 e. The van der Waals surface area contributed by atoms with Crippen LogP contribution in [-0.2, 0) is 0 Å². The molecule has 0 saturated carbocycles. The fourth-order valence-electron chi connectivity index (χ4n) is 4.05. The van der Waals surface area contributed by atoms with Gasteiger partial charge in [0.25, 0.3) is 6.33 Å². The van der Waals surface area contributed by atoms with E-state index in [1.54, 1.807) is 0 Å². The Bertz CT molecular complexity index is 1340. The summed E-state index contributed by atoms with van der Waals surface area (Å²) in [6, 6.07) is 23.2. The van der Waals surface area contributed by atoms with Crippen molar-refractivity contribution >= 4 is 11.2 Å². The lowest BCUT2D eigenvalue weighted by Crippen LogP contribution is -2.22. The summed E-state index contributed by atoms with van der Waals surface area (Å²) < 4.78 is 6.12.